The fraction of sp³-hybridized carbons (Fsp3) is 0.364. The van der Waals surface area contributed by atoms with Gasteiger partial charge in [-0.1, -0.05) is 6.92 Å². The Morgan fingerprint density at radius 2 is 2.24 bits per heavy atom. The van der Waals surface area contributed by atoms with E-state index in [0.717, 1.165) is 6.20 Å². The molecule has 1 atom stereocenters. The highest BCUT2D eigenvalue weighted by molar-refractivity contribution is 5.94. The van der Waals surface area contributed by atoms with Gasteiger partial charge in [-0.05, 0) is 6.07 Å². The van der Waals surface area contributed by atoms with E-state index in [0.29, 0.717) is 0 Å². The Morgan fingerprint density at radius 1 is 1.59 bits per heavy atom. The van der Waals surface area contributed by atoms with Gasteiger partial charge < -0.3 is 10.0 Å². The molecule has 0 aliphatic rings. The van der Waals surface area contributed by atoms with Gasteiger partial charge in [-0.15, -0.1) is 0 Å². The lowest BCUT2D eigenvalue weighted by molar-refractivity contribution is -0.141. The quantitative estimate of drug-likeness (QED) is 0.852. The van der Waals surface area contributed by atoms with Crippen molar-refractivity contribution in [2.75, 3.05) is 13.6 Å². The summed E-state index contributed by atoms with van der Waals surface area (Å²) in [6.45, 7) is 1.50. The van der Waals surface area contributed by atoms with E-state index in [1.807, 2.05) is 0 Å². The summed E-state index contributed by atoms with van der Waals surface area (Å²) in [5, 5.41) is 8.72. The average molecular weight is 240 g/mol. The first kappa shape index (κ1) is 13.1. The van der Waals surface area contributed by atoms with Gasteiger partial charge in [0.05, 0.1) is 17.7 Å². The molecule has 1 rings (SSSR count). The van der Waals surface area contributed by atoms with Crippen molar-refractivity contribution in [1.29, 1.82) is 0 Å². The number of hydrogen-bond donors (Lipinski definition) is 1. The van der Waals surface area contributed by atoms with E-state index in [4.69, 9.17) is 5.11 Å². The SMILES string of the molecule is CC(CN(C)C(=O)c1ccncc1F)C(=O)O. The summed E-state index contributed by atoms with van der Waals surface area (Å²) in [5.74, 6) is -2.97. The molecule has 0 saturated carbocycles. The summed E-state index contributed by atoms with van der Waals surface area (Å²) in [6, 6.07) is 1.26. The van der Waals surface area contributed by atoms with Crippen LogP contribution in [-0.2, 0) is 4.79 Å². The summed E-state index contributed by atoms with van der Waals surface area (Å²) in [4.78, 5) is 27.1. The van der Waals surface area contributed by atoms with Crippen LogP contribution in [0.15, 0.2) is 18.5 Å². The van der Waals surface area contributed by atoms with Gasteiger partial charge >= 0.3 is 5.97 Å². The third-order valence-electron chi connectivity index (χ3n) is 2.32. The highest BCUT2D eigenvalue weighted by Gasteiger charge is 2.20. The van der Waals surface area contributed by atoms with E-state index in [9.17, 15) is 14.0 Å². The number of pyridine rings is 1. The molecule has 1 amide bonds. The van der Waals surface area contributed by atoms with Crippen LogP contribution in [0.5, 0.6) is 0 Å². The molecule has 1 unspecified atom stereocenters. The lowest BCUT2D eigenvalue weighted by Gasteiger charge is -2.19. The number of halogens is 1. The van der Waals surface area contributed by atoms with Crippen LogP contribution in [0.3, 0.4) is 0 Å². The summed E-state index contributed by atoms with van der Waals surface area (Å²) in [6.07, 6.45) is 2.26. The zero-order valence-electron chi connectivity index (χ0n) is 9.55. The second-order valence-electron chi connectivity index (χ2n) is 3.78. The Hall–Kier alpha value is -1.98. The summed E-state index contributed by atoms with van der Waals surface area (Å²) < 4.78 is 13.3. The van der Waals surface area contributed by atoms with Crippen molar-refractivity contribution < 1.29 is 19.1 Å². The van der Waals surface area contributed by atoms with E-state index in [1.165, 1.54) is 31.1 Å². The van der Waals surface area contributed by atoms with Crippen LogP contribution in [0.2, 0.25) is 0 Å². The summed E-state index contributed by atoms with van der Waals surface area (Å²) >= 11 is 0. The van der Waals surface area contributed by atoms with Gasteiger partial charge in [0.1, 0.15) is 0 Å². The zero-order chi connectivity index (χ0) is 13.0. The molecule has 5 nitrogen and oxygen atoms in total. The highest BCUT2D eigenvalue weighted by atomic mass is 19.1. The molecule has 0 bridgehead atoms. The number of aliphatic carboxylic acids is 1. The third kappa shape index (κ3) is 3.24. The average Bonchev–Trinajstić information content (AvgIpc) is 2.28. The van der Waals surface area contributed by atoms with E-state index in [2.05, 4.69) is 4.98 Å². The van der Waals surface area contributed by atoms with Gasteiger partial charge in [-0.3, -0.25) is 14.6 Å². The maximum atomic E-state index is 13.3. The van der Waals surface area contributed by atoms with Gasteiger partial charge in [0, 0.05) is 19.8 Å². The molecule has 1 aromatic heterocycles. The molecule has 0 spiro atoms. The minimum atomic E-state index is -1.00. The summed E-state index contributed by atoms with van der Waals surface area (Å²) in [7, 11) is 1.43. The molecule has 6 heteroatoms. The number of rotatable bonds is 4. The van der Waals surface area contributed by atoms with E-state index in [-0.39, 0.29) is 12.1 Å². The number of carbonyl (C=O) groups is 2. The second kappa shape index (κ2) is 5.38. The molecule has 0 aliphatic carbocycles. The maximum Gasteiger partial charge on any atom is 0.308 e. The van der Waals surface area contributed by atoms with E-state index < -0.39 is 23.6 Å². The molecule has 1 heterocycles. The highest BCUT2D eigenvalue weighted by Crippen LogP contribution is 2.09. The number of carboxylic acids is 1. The van der Waals surface area contributed by atoms with Crippen molar-refractivity contribution >= 4 is 11.9 Å². The molecule has 1 aromatic rings. The second-order valence-corrected chi connectivity index (χ2v) is 3.78. The molecule has 17 heavy (non-hydrogen) atoms. The van der Waals surface area contributed by atoms with Gasteiger partial charge in [0.25, 0.3) is 5.91 Å². The van der Waals surface area contributed by atoms with Crippen molar-refractivity contribution in [3.05, 3.63) is 29.8 Å². The van der Waals surface area contributed by atoms with Crippen molar-refractivity contribution in [3.63, 3.8) is 0 Å². The third-order valence-corrected chi connectivity index (χ3v) is 2.32. The number of hydrogen-bond acceptors (Lipinski definition) is 3. The lowest BCUT2D eigenvalue weighted by atomic mass is 10.1. The molecule has 1 N–H and O–H groups in total. The predicted molar refractivity (Wildman–Crippen MR) is 58.0 cm³/mol. The largest absolute Gasteiger partial charge is 0.481 e. The Bertz CT molecular complexity index is 436. The van der Waals surface area contributed by atoms with Crippen LogP contribution in [0, 0.1) is 11.7 Å². The van der Waals surface area contributed by atoms with Gasteiger partial charge in [-0.25, -0.2) is 4.39 Å². The Morgan fingerprint density at radius 3 is 2.76 bits per heavy atom. The first-order valence-corrected chi connectivity index (χ1v) is 5.01. The monoisotopic (exact) mass is 240 g/mol. The van der Waals surface area contributed by atoms with Gasteiger partial charge in [0.15, 0.2) is 5.82 Å². The fourth-order valence-corrected chi connectivity index (χ4v) is 1.33. The number of carbonyl (C=O) groups excluding carboxylic acids is 1. The molecule has 0 fully saturated rings. The Labute approximate surface area is 97.9 Å². The molecule has 0 aromatic carbocycles. The van der Waals surface area contributed by atoms with Crippen LogP contribution in [0.1, 0.15) is 17.3 Å². The van der Waals surface area contributed by atoms with Crippen molar-refractivity contribution in [2.24, 2.45) is 5.92 Å². The first-order valence-electron chi connectivity index (χ1n) is 5.01. The lowest BCUT2D eigenvalue weighted by Crippen LogP contribution is -2.34. The zero-order valence-corrected chi connectivity index (χ0v) is 9.55. The standard InChI is InChI=1S/C11H13FN2O3/c1-7(11(16)17)6-14(2)10(15)8-3-4-13-5-9(8)12/h3-5,7H,6H2,1-2H3,(H,16,17). The molecule has 0 aliphatic heterocycles. The van der Waals surface area contributed by atoms with Crippen LogP contribution in [0.25, 0.3) is 0 Å². The minimum absolute atomic E-state index is 0.0237. The van der Waals surface area contributed by atoms with Crippen LogP contribution < -0.4 is 0 Å². The Kier molecular flexibility index (Phi) is 4.14. The smallest absolute Gasteiger partial charge is 0.308 e. The van der Waals surface area contributed by atoms with Crippen LogP contribution in [-0.4, -0.2) is 40.5 Å². The molecular weight excluding hydrogens is 227 g/mol. The van der Waals surface area contributed by atoms with Crippen molar-refractivity contribution in [1.82, 2.24) is 9.88 Å². The topological polar surface area (TPSA) is 70.5 Å². The van der Waals surface area contributed by atoms with Gasteiger partial charge in [-0.2, -0.15) is 0 Å². The number of amides is 1. The molecular formula is C11H13FN2O3. The maximum absolute atomic E-state index is 13.3. The van der Waals surface area contributed by atoms with Gasteiger partial charge in [0.2, 0.25) is 0 Å². The molecule has 92 valence electrons. The number of carboxylic acid groups (broad SMARTS) is 1. The number of aromatic nitrogens is 1. The first-order chi connectivity index (χ1) is 7.93. The minimum Gasteiger partial charge on any atom is -0.481 e. The van der Waals surface area contributed by atoms with Crippen molar-refractivity contribution in [3.8, 4) is 0 Å². The molecule has 0 saturated heterocycles. The Balaban J connectivity index is 2.77. The summed E-state index contributed by atoms with van der Waals surface area (Å²) in [5.41, 5.74) is -0.111. The normalized spacial score (nSPS) is 11.9. The van der Waals surface area contributed by atoms with Crippen LogP contribution >= 0.6 is 0 Å². The predicted octanol–water partition coefficient (Wildman–Crippen LogP) is 1.01. The fourth-order valence-electron chi connectivity index (χ4n) is 1.33. The molecule has 0 radical (unpaired) electrons. The number of nitrogens with zero attached hydrogens (tertiary/aromatic N) is 2. The van der Waals surface area contributed by atoms with E-state index in [1.54, 1.807) is 0 Å². The van der Waals surface area contributed by atoms with Crippen molar-refractivity contribution in [2.45, 2.75) is 6.92 Å². The van der Waals surface area contributed by atoms with E-state index >= 15 is 0 Å². The van der Waals surface area contributed by atoms with Crippen LogP contribution in [0.4, 0.5) is 4.39 Å².